The first kappa shape index (κ1) is 15.2. The molecule has 0 bridgehead atoms. The first-order valence-electron chi connectivity index (χ1n) is 5.52. The van der Waals surface area contributed by atoms with E-state index in [1.165, 1.54) is 0 Å². The molecule has 0 saturated carbocycles. The average Bonchev–Trinajstić information content (AvgIpc) is 2.26. The van der Waals surface area contributed by atoms with Crippen molar-refractivity contribution in [1.29, 1.82) is 0 Å². The van der Waals surface area contributed by atoms with Gasteiger partial charge in [-0.15, -0.1) is 11.8 Å². The lowest BCUT2D eigenvalue weighted by Gasteiger charge is -2.07. The van der Waals surface area contributed by atoms with E-state index in [2.05, 4.69) is 4.74 Å². The predicted molar refractivity (Wildman–Crippen MR) is 67.8 cm³/mol. The summed E-state index contributed by atoms with van der Waals surface area (Å²) in [6.07, 6.45) is -3.65. The van der Waals surface area contributed by atoms with Crippen LogP contribution in [0, 0.1) is 6.92 Å². The highest BCUT2D eigenvalue weighted by molar-refractivity contribution is 7.99. The summed E-state index contributed by atoms with van der Waals surface area (Å²) < 4.78 is 39.8. The van der Waals surface area contributed by atoms with Crippen LogP contribution in [0.5, 0.6) is 0 Å². The first-order valence-corrected chi connectivity index (χ1v) is 6.50. The van der Waals surface area contributed by atoms with E-state index in [1.807, 2.05) is 25.1 Å². The summed E-state index contributed by atoms with van der Waals surface area (Å²) >= 11 is 1.58. The summed E-state index contributed by atoms with van der Waals surface area (Å²) in [7, 11) is 0. The maximum atomic E-state index is 11.8. The SMILES string of the molecule is Cc1cc(SCCCOCC(F)(F)F)ccc1N. The highest BCUT2D eigenvalue weighted by atomic mass is 32.2. The number of alkyl halides is 3. The van der Waals surface area contributed by atoms with Gasteiger partial charge in [0.15, 0.2) is 0 Å². The van der Waals surface area contributed by atoms with Crippen molar-refractivity contribution < 1.29 is 17.9 Å². The van der Waals surface area contributed by atoms with Crippen LogP contribution in [-0.2, 0) is 4.74 Å². The van der Waals surface area contributed by atoms with Crippen molar-refractivity contribution in [1.82, 2.24) is 0 Å². The molecule has 1 aromatic carbocycles. The third-order valence-electron chi connectivity index (χ3n) is 2.21. The second kappa shape index (κ2) is 6.89. The normalized spacial score (nSPS) is 11.8. The summed E-state index contributed by atoms with van der Waals surface area (Å²) in [6.45, 7) is 0.880. The van der Waals surface area contributed by atoms with Crippen LogP contribution in [0.2, 0.25) is 0 Å². The Morgan fingerprint density at radius 1 is 1.33 bits per heavy atom. The van der Waals surface area contributed by atoms with Crippen LogP contribution in [0.3, 0.4) is 0 Å². The van der Waals surface area contributed by atoms with Crippen LogP contribution < -0.4 is 5.73 Å². The third-order valence-corrected chi connectivity index (χ3v) is 3.29. The molecular formula is C12H16F3NOS. The maximum absolute atomic E-state index is 11.8. The molecule has 18 heavy (non-hydrogen) atoms. The van der Waals surface area contributed by atoms with Crippen LogP contribution in [0.1, 0.15) is 12.0 Å². The molecule has 2 nitrogen and oxygen atoms in total. The number of nitrogen functional groups attached to an aromatic ring is 1. The Balaban J connectivity index is 2.16. The molecule has 0 saturated heterocycles. The van der Waals surface area contributed by atoms with Gasteiger partial charge in [0.05, 0.1) is 0 Å². The molecule has 0 unspecified atom stereocenters. The van der Waals surface area contributed by atoms with Gasteiger partial charge in [-0.05, 0) is 37.1 Å². The molecule has 6 heteroatoms. The topological polar surface area (TPSA) is 35.2 Å². The van der Waals surface area contributed by atoms with E-state index in [4.69, 9.17) is 5.73 Å². The van der Waals surface area contributed by atoms with Gasteiger partial charge in [0.25, 0.3) is 0 Å². The average molecular weight is 279 g/mol. The minimum Gasteiger partial charge on any atom is -0.399 e. The second-order valence-corrected chi connectivity index (χ2v) is 5.06. The van der Waals surface area contributed by atoms with Crippen LogP contribution in [0.25, 0.3) is 0 Å². The summed E-state index contributed by atoms with van der Waals surface area (Å²) in [5, 5.41) is 0. The van der Waals surface area contributed by atoms with Crippen LogP contribution in [0.15, 0.2) is 23.1 Å². The Bertz CT molecular complexity index is 382. The van der Waals surface area contributed by atoms with Crippen molar-refractivity contribution in [3.05, 3.63) is 23.8 Å². The predicted octanol–water partition coefficient (Wildman–Crippen LogP) is 3.64. The van der Waals surface area contributed by atoms with Crippen LogP contribution >= 0.6 is 11.8 Å². The zero-order chi connectivity index (χ0) is 13.6. The molecule has 0 radical (unpaired) electrons. The van der Waals surface area contributed by atoms with Crippen LogP contribution in [-0.4, -0.2) is 25.1 Å². The molecule has 1 rings (SSSR count). The molecule has 1 aromatic rings. The summed E-state index contributed by atoms with van der Waals surface area (Å²) in [4.78, 5) is 1.07. The van der Waals surface area contributed by atoms with Gasteiger partial charge in [-0.25, -0.2) is 0 Å². The van der Waals surface area contributed by atoms with E-state index in [0.29, 0.717) is 6.42 Å². The van der Waals surface area contributed by atoms with Crippen molar-refractivity contribution in [2.24, 2.45) is 0 Å². The highest BCUT2D eigenvalue weighted by Crippen LogP contribution is 2.23. The minimum atomic E-state index is -4.23. The summed E-state index contributed by atoms with van der Waals surface area (Å²) in [5.41, 5.74) is 7.44. The molecule has 0 heterocycles. The summed E-state index contributed by atoms with van der Waals surface area (Å²) in [6, 6.07) is 5.71. The molecule has 0 aromatic heterocycles. The zero-order valence-corrected chi connectivity index (χ0v) is 10.9. The van der Waals surface area contributed by atoms with E-state index < -0.39 is 12.8 Å². The third kappa shape index (κ3) is 6.16. The number of benzene rings is 1. The number of aryl methyl sites for hydroxylation is 1. The van der Waals surface area contributed by atoms with Gasteiger partial charge in [-0.1, -0.05) is 0 Å². The largest absolute Gasteiger partial charge is 0.411 e. The second-order valence-electron chi connectivity index (χ2n) is 3.89. The molecule has 2 N–H and O–H groups in total. The number of thioether (sulfide) groups is 1. The quantitative estimate of drug-likeness (QED) is 0.490. The summed E-state index contributed by atoms with van der Waals surface area (Å²) in [5.74, 6) is 0.723. The Morgan fingerprint density at radius 3 is 2.67 bits per heavy atom. The zero-order valence-electron chi connectivity index (χ0n) is 10.1. The number of anilines is 1. The van der Waals surface area contributed by atoms with Crippen molar-refractivity contribution in [3.63, 3.8) is 0 Å². The van der Waals surface area contributed by atoms with Gasteiger partial charge in [0, 0.05) is 22.9 Å². The fourth-order valence-electron chi connectivity index (χ4n) is 1.28. The van der Waals surface area contributed by atoms with Gasteiger partial charge < -0.3 is 10.5 Å². The Kier molecular flexibility index (Phi) is 5.81. The fourth-order valence-corrected chi connectivity index (χ4v) is 2.20. The van der Waals surface area contributed by atoms with Crippen LogP contribution in [0.4, 0.5) is 18.9 Å². The van der Waals surface area contributed by atoms with Gasteiger partial charge in [-0.2, -0.15) is 13.2 Å². The fraction of sp³-hybridized carbons (Fsp3) is 0.500. The molecule has 102 valence electrons. The molecule has 0 spiro atoms. The lowest BCUT2D eigenvalue weighted by Crippen LogP contribution is -2.17. The van der Waals surface area contributed by atoms with E-state index in [9.17, 15) is 13.2 Å². The molecule has 0 amide bonds. The molecule has 0 aliphatic carbocycles. The Hall–Kier alpha value is -0.880. The standard InChI is InChI=1S/C12H16F3NOS/c1-9-7-10(3-4-11(9)16)18-6-2-5-17-8-12(13,14)15/h3-4,7H,2,5-6,8,16H2,1H3. The van der Waals surface area contributed by atoms with E-state index in [1.54, 1.807) is 11.8 Å². The Morgan fingerprint density at radius 2 is 2.06 bits per heavy atom. The number of ether oxygens (including phenoxy) is 1. The number of hydrogen-bond donors (Lipinski definition) is 1. The Labute approximate surface area is 109 Å². The molecule has 0 aliphatic rings. The van der Waals surface area contributed by atoms with Gasteiger partial charge in [-0.3, -0.25) is 0 Å². The van der Waals surface area contributed by atoms with E-state index in [-0.39, 0.29) is 6.61 Å². The highest BCUT2D eigenvalue weighted by Gasteiger charge is 2.27. The number of rotatable bonds is 6. The molecular weight excluding hydrogens is 263 g/mol. The van der Waals surface area contributed by atoms with Gasteiger partial charge in [0.1, 0.15) is 6.61 Å². The minimum absolute atomic E-state index is 0.125. The molecule has 0 atom stereocenters. The van der Waals surface area contributed by atoms with Crippen molar-refractivity contribution in [3.8, 4) is 0 Å². The molecule has 0 fully saturated rings. The smallest absolute Gasteiger partial charge is 0.399 e. The van der Waals surface area contributed by atoms with Crippen molar-refractivity contribution in [2.45, 2.75) is 24.4 Å². The van der Waals surface area contributed by atoms with Gasteiger partial charge in [0.2, 0.25) is 0 Å². The van der Waals surface area contributed by atoms with Gasteiger partial charge >= 0.3 is 6.18 Å². The van der Waals surface area contributed by atoms with E-state index >= 15 is 0 Å². The lowest BCUT2D eigenvalue weighted by atomic mass is 10.2. The number of nitrogens with two attached hydrogens (primary N) is 1. The maximum Gasteiger partial charge on any atom is 0.411 e. The van der Waals surface area contributed by atoms with Crippen molar-refractivity contribution >= 4 is 17.4 Å². The first-order chi connectivity index (χ1) is 8.38. The molecule has 0 aliphatic heterocycles. The van der Waals surface area contributed by atoms with Crippen molar-refractivity contribution in [2.75, 3.05) is 24.7 Å². The number of hydrogen-bond acceptors (Lipinski definition) is 3. The van der Waals surface area contributed by atoms with E-state index in [0.717, 1.165) is 21.9 Å². The number of halogens is 3. The monoisotopic (exact) mass is 279 g/mol. The lowest BCUT2D eigenvalue weighted by molar-refractivity contribution is -0.173.